The van der Waals surface area contributed by atoms with Crippen molar-refractivity contribution in [2.75, 3.05) is 31.3 Å². The summed E-state index contributed by atoms with van der Waals surface area (Å²) in [5.41, 5.74) is 6.92. The summed E-state index contributed by atoms with van der Waals surface area (Å²) in [6.45, 7) is 4.50. The van der Waals surface area contributed by atoms with E-state index in [4.69, 9.17) is 10.5 Å². The minimum atomic E-state index is -3.47. The molecule has 0 aliphatic heterocycles. The fourth-order valence-corrected chi connectivity index (χ4v) is 2.72. The first-order valence-electron chi connectivity index (χ1n) is 6.05. The van der Waals surface area contributed by atoms with Gasteiger partial charge in [-0.3, -0.25) is 0 Å². The maximum Gasteiger partial charge on any atom is 0.240 e. The van der Waals surface area contributed by atoms with Crippen molar-refractivity contribution in [2.45, 2.75) is 24.8 Å². The molecule has 0 amide bonds. The summed E-state index contributed by atoms with van der Waals surface area (Å²) in [6, 6.07) is 4.62. The average Bonchev–Trinajstić information content (AvgIpc) is 2.32. The number of nitrogen functional groups attached to an aromatic ring is 1. The van der Waals surface area contributed by atoms with E-state index in [0.29, 0.717) is 24.5 Å². The summed E-state index contributed by atoms with van der Waals surface area (Å²) in [5, 5.41) is 3.12. The molecule has 0 radical (unpaired) electrons. The van der Waals surface area contributed by atoms with E-state index in [1.807, 2.05) is 6.92 Å². The lowest BCUT2D eigenvalue weighted by Crippen LogP contribution is -2.24. The van der Waals surface area contributed by atoms with Crippen LogP contribution in [0, 0.1) is 0 Å². The Labute approximate surface area is 114 Å². The highest BCUT2D eigenvalue weighted by Crippen LogP contribution is 2.23. The first-order chi connectivity index (χ1) is 8.90. The first kappa shape index (κ1) is 15.7. The van der Waals surface area contributed by atoms with Gasteiger partial charge in [-0.05, 0) is 25.1 Å². The number of nitrogens with two attached hydrogens (primary N) is 1. The highest BCUT2D eigenvalue weighted by atomic mass is 32.2. The maximum absolute atomic E-state index is 11.9. The van der Waals surface area contributed by atoms with Crippen molar-refractivity contribution < 1.29 is 13.2 Å². The third kappa shape index (κ3) is 4.38. The van der Waals surface area contributed by atoms with Crippen LogP contribution in [0.4, 0.5) is 11.4 Å². The van der Waals surface area contributed by atoms with Crippen LogP contribution in [0.2, 0.25) is 0 Å². The summed E-state index contributed by atoms with van der Waals surface area (Å²) in [5.74, 6) is 0. The number of methoxy groups -OCH3 is 1. The van der Waals surface area contributed by atoms with Crippen LogP contribution >= 0.6 is 0 Å². The Morgan fingerprint density at radius 1 is 1.42 bits per heavy atom. The topological polar surface area (TPSA) is 93.5 Å². The molecule has 7 heteroatoms. The van der Waals surface area contributed by atoms with Crippen molar-refractivity contribution in [3.63, 3.8) is 0 Å². The second kappa shape index (κ2) is 6.74. The van der Waals surface area contributed by atoms with Crippen LogP contribution in [0.1, 0.15) is 13.8 Å². The third-order valence-electron chi connectivity index (χ3n) is 2.49. The predicted octanol–water partition coefficient (Wildman–Crippen LogP) is 1.01. The lowest BCUT2D eigenvalue weighted by molar-refractivity contribution is 0.190. The zero-order chi connectivity index (χ0) is 14.5. The highest BCUT2D eigenvalue weighted by molar-refractivity contribution is 7.89. The quantitative estimate of drug-likeness (QED) is 0.651. The Hall–Kier alpha value is -1.31. The van der Waals surface area contributed by atoms with E-state index in [9.17, 15) is 8.42 Å². The van der Waals surface area contributed by atoms with Gasteiger partial charge in [-0.15, -0.1) is 0 Å². The van der Waals surface area contributed by atoms with E-state index in [1.165, 1.54) is 12.1 Å². The van der Waals surface area contributed by atoms with Crippen molar-refractivity contribution in [2.24, 2.45) is 0 Å². The minimum Gasteiger partial charge on any atom is -0.397 e. The number of nitrogens with one attached hydrogen (secondary N) is 2. The molecule has 0 spiro atoms. The summed E-state index contributed by atoms with van der Waals surface area (Å²) in [6.07, 6.45) is 0. The van der Waals surface area contributed by atoms with Gasteiger partial charge in [0, 0.05) is 19.7 Å². The highest BCUT2D eigenvalue weighted by Gasteiger charge is 2.15. The van der Waals surface area contributed by atoms with Gasteiger partial charge in [-0.2, -0.15) is 0 Å². The molecule has 1 aromatic rings. The Balaban J connectivity index is 3.01. The van der Waals surface area contributed by atoms with Crippen LogP contribution in [0.25, 0.3) is 0 Å². The van der Waals surface area contributed by atoms with Crippen LogP contribution in [0.5, 0.6) is 0 Å². The van der Waals surface area contributed by atoms with Crippen LogP contribution in [-0.2, 0) is 14.8 Å². The molecule has 1 rings (SSSR count). The van der Waals surface area contributed by atoms with Crippen molar-refractivity contribution in [3.05, 3.63) is 18.2 Å². The summed E-state index contributed by atoms with van der Waals surface area (Å²) in [7, 11) is -1.87. The summed E-state index contributed by atoms with van der Waals surface area (Å²) < 4.78 is 31.3. The normalized spacial score (nSPS) is 13.2. The van der Waals surface area contributed by atoms with Crippen LogP contribution in [-0.4, -0.2) is 34.7 Å². The minimum absolute atomic E-state index is 0.0318. The zero-order valence-corrected chi connectivity index (χ0v) is 12.3. The van der Waals surface area contributed by atoms with Gasteiger partial charge >= 0.3 is 0 Å². The molecule has 1 aromatic carbocycles. The number of anilines is 2. The SMILES string of the molecule is CCNS(=O)(=O)c1ccc(N)c(NC(C)COC)c1. The van der Waals surface area contributed by atoms with E-state index in [-0.39, 0.29) is 10.9 Å². The van der Waals surface area contributed by atoms with Gasteiger partial charge in [0.1, 0.15) is 0 Å². The summed E-state index contributed by atoms with van der Waals surface area (Å²) >= 11 is 0. The maximum atomic E-state index is 11.9. The number of hydrogen-bond acceptors (Lipinski definition) is 5. The van der Waals surface area contributed by atoms with E-state index in [1.54, 1.807) is 20.1 Å². The van der Waals surface area contributed by atoms with Gasteiger partial charge in [0.05, 0.1) is 22.9 Å². The fraction of sp³-hybridized carbons (Fsp3) is 0.500. The van der Waals surface area contributed by atoms with Gasteiger partial charge in [-0.1, -0.05) is 6.92 Å². The molecule has 19 heavy (non-hydrogen) atoms. The molecule has 1 atom stereocenters. The third-order valence-corrected chi connectivity index (χ3v) is 4.03. The second-order valence-electron chi connectivity index (χ2n) is 4.25. The van der Waals surface area contributed by atoms with Gasteiger partial charge in [0.25, 0.3) is 0 Å². The Morgan fingerprint density at radius 2 is 2.11 bits per heavy atom. The van der Waals surface area contributed by atoms with Gasteiger partial charge in [0.2, 0.25) is 10.0 Å². The second-order valence-corrected chi connectivity index (χ2v) is 6.02. The zero-order valence-electron chi connectivity index (χ0n) is 11.4. The largest absolute Gasteiger partial charge is 0.397 e. The van der Waals surface area contributed by atoms with Gasteiger partial charge in [-0.25, -0.2) is 13.1 Å². The molecule has 0 saturated heterocycles. The molecule has 0 heterocycles. The monoisotopic (exact) mass is 287 g/mol. The molecule has 0 fully saturated rings. The Bertz CT molecular complexity index is 517. The molecule has 0 aromatic heterocycles. The lowest BCUT2D eigenvalue weighted by Gasteiger charge is -2.17. The van der Waals surface area contributed by atoms with Crippen LogP contribution < -0.4 is 15.8 Å². The fourth-order valence-electron chi connectivity index (χ4n) is 1.66. The number of ether oxygens (including phenoxy) is 1. The molecule has 0 aliphatic carbocycles. The molecular weight excluding hydrogens is 266 g/mol. The molecule has 1 unspecified atom stereocenters. The number of sulfonamides is 1. The van der Waals surface area contributed by atoms with E-state index in [0.717, 1.165) is 0 Å². The molecule has 0 saturated carbocycles. The molecule has 0 bridgehead atoms. The Morgan fingerprint density at radius 3 is 2.68 bits per heavy atom. The van der Waals surface area contributed by atoms with Crippen molar-refractivity contribution >= 4 is 21.4 Å². The van der Waals surface area contributed by atoms with Crippen molar-refractivity contribution in [1.82, 2.24) is 4.72 Å². The van der Waals surface area contributed by atoms with Crippen molar-refractivity contribution in [3.8, 4) is 0 Å². The van der Waals surface area contributed by atoms with E-state index < -0.39 is 10.0 Å². The number of hydrogen-bond donors (Lipinski definition) is 3. The smallest absolute Gasteiger partial charge is 0.240 e. The molecular formula is C12H21N3O3S. The Kier molecular flexibility index (Phi) is 5.59. The van der Waals surface area contributed by atoms with Gasteiger partial charge in [0.15, 0.2) is 0 Å². The average molecular weight is 287 g/mol. The first-order valence-corrected chi connectivity index (χ1v) is 7.53. The lowest BCUT2D eigenvalue weighted by atomic mass is 10.2. The standard InChI is InChI=1S/C12H21N3O3S/c1-4-14-19(16,17)10-5-6-11(13)12(7-10)15-9(2)8-18-3/h5-7,9,14-15H,4,8,13H2,1-3H3. The van der Waals surface area contributed by atoms with E-state index in [2.05, 4.69) is 10.0 Å². The number of rotatable bonds is 7. The van der Waals surface area contributed by atoms with Gasteiger partial charge < -0.3 is 15.8 Å². The molecule has 6 nitrogen and oxygen atoms in total. The van der Waals surface area contributed by atoms with Crippen LogP contribution in [0.15, 0.2) is 23.1 Å². The number of benzene rings is 1. The predicted molar refractivity (Wildman–Crippen MR) is 76.7 cm³/mol. The van der Waals surface area contributed by atoms with Crippen molar-refractivity contribution in [1.29, 1.82) is 0 Å². The molecule has 0 aliphatic rings. The van der Waals surface area contributed by atoms with Crippen LogP contribution in [0.3, 0.4) is 0 Å². The summed E-state index contributed by atoms with van der Waals surface area (Å²) in [4.78, 5) is 0.190. The molecule has 4 N–H and O–H groups in total. The van der Waals surface area contributed by atoms with E-state index >= 15 is 0 Å². The molecule has 108 valence electrons.